The van der Waals surface area contributed by atoms with Gasteiger partial charge < -0.3 is 15.8 Å². The van der Waals surface area contributed by atoms with Crippen molar-refractivity contribution in [1.29, 1.82) is 0 Å². The molecule has 0 fully saturated rings. The molecular weight excluding hydrogens is 350 g/mol. The van der Waals surface area contributed by atoms with Crippen LogP contribution in [-0.4, -0.2) is 10.9 Å². The molecule has 0 atom stereocenters. The molecule has 5 heteroatoms. The Bertz CT molecular complexity index is 966. The lowest BCUT2D eigenvalue weighted by Crippen LogP contribution is -2.12. The third kappa shape index (κ3) is 4.88. The van der Waals surface area contributed by atoms with Gasteiger partial charge in [0.1, 0.15) is 18.2 Å². The molecule has 0 aliphatic carbocycles. The summed E-state index contributed by atoms with van der Waals surface area (Å²) in [6.07, 6.45) is 1.68. The van der Waals surface area contributed by atoms with Gasteiger partial charge in [-0.25, -0.2) is 4.98 Å². The summed E-state index contributed by atoms with van der Waals surface area (Å²) in [5, 5.41) is 2.95. The van der Waals surface area contributed by atoms with Gasteiger partial charge in [0.05, 0.1) is 0 Å². The van der Waals surface area contributed by atoms with Crippen molar-refractivity contribution in [1.82, 2.24) is 4.98 Å². The number of aryl methyl sites for hydroxylation is 1. The van der Waals surface area contributed by atoms with Crippen molar-refractivity contribution in [3.05, 3.63) is 83.0 Å². The molecule has 0 aliphatic rings. The number of rotatable bonds is 6. The summed E-state index contributed by atoms with van der Waals surface area (Å²) >= 11 is 0. The highest BCUT2D eigenvalue weighted by Crippen LogP contribution is 2.23. The Morgan fingerprint density at radius 1 is 1.14 bits per heavy atom. The average Bonchev–Trinajstić information content (AvgIpc) is 2.67. The Hall–Kier alpha value is -3.34. The van der Waals surface area contributed by atoms with Crippen LogP contribution < -0.4 is 15.8 Å². The van der Waals surface area contributed by atoms with Gasteiger partial charge >= 0.3 is 0 Å². The number of nitrogen functional groups attached to an aromatic ring is 1. The predicted octanol–water partition coefficient (Wildman–Crippen LogP) is 4.93. The number of carbonyl (C=O) groups excluding carboxylic acids is 1. The second kappa shape index (κ2) is 8.57. The van der Waals surface area contributed by atoms with Crippen LogP contribution in [0.3, 0.4) is 0 Å². The summed E-state index contributed by atoms with van der Waals surface area (Å²) in [5.74, 6) is 1.38. The van der Waals surface area contributed by atoms with Gasteiger partial charge in [-0.1, -0.05) is 32.0 Å². The van der Waals surface area contributed by atoms with Crippen LogP contribution >= 0.6 is 0 Å². The topological polar surface area (TPSA) is 77.2 Å². The van der Waals surface area contributed by atoms with Crippen molar-refractivity contribution >= 4 is 17.4 Å². The molecule has 0 bridgehead atoms. The molecule has 0 saturated carbocycles. The highest BCUT2D eigenvalue weighted by atomic mass is 16.5. The van der Waals surface area contributed by atoms with Crippen molar-refractivity contribution in [2.75, 3.05) is 11.1 Å². The van der Waals surface area contributed by atoms with Crippen LogP contribution in [0, 0.1) is 6.92 Å². The Labute approximate surface area is 165 Å². The van der Waals surface area contributed by atoms with Crippen LogP contribution in [-0.2, 0) is 6.61 Å². The minimum atomic E-state index is -0.170. The van der Waals surface area contributed by atoms with Crippen LogP contribution in [0.15, 0.2) is 60.8 Å². The van der Waals surface area contributed by atoms with Gasteiger partial charge in [-0.2, -0.15) is 0 Å². The molecule has 3 rings (SSSR count). The van der Waals surface area contributed by atoms with E-state index in [1.807, 2.05) is 24.3 Å². The number of hydrogen-bond donors (Lipinski definition) is 2. The van der Waals surface area contributed by atoms with Gasteiger partial charge in [0.25, 0.3) is 5.91 Å². The molecule has 144 valence electrons. The fourth-order valence-corrected chi connectivity index (χ4v) is 3.02. The van der Waals surface area contributed by atoms with Gasteiger partial charge in [-0.15, -0.1) is 0 Å². The van der Waals surface area contributed by atoms with E-state index >= 15 is 0 Å². The quantitative estimate of drug-likeness (QED) is 0.640. The van der Waals surface area contributed by atoms with Crippen LogP contribution in [0.25, 0.3) is 0 Å². The van der Waals surface area contributed by atoms with Crippen LogP contribution in [0.4, 0.5) is 11.5 Å². The monoisotopic (exact) mass is 375 g/mol. The predicted molar refractivity (Wildman–Crippen MR) is 113 cm³/mol. The number of benzene rings is 2. The lowest BCUT2D eigenvalue weighted by Gasteiger charge is -2.13. The van der Waals surface area contributed by atoms with Crippen molar-refractivity contribution in [2.24, 2.45) is 0 Å². The second-order valence-electron chi connectivity index (χ2n) is 7.09. The van der Waals surface area contributed by atoms with E-state index in [2.05, 4.69) is 37.1 Å². The normalized spacial score (nSPS) is 10.7. The number of aromatic nitrogens is 1. The first-order valence-electron chi connectivity index (χ1n) is 9.27. The Morgan fingerprint density at radius 2 is 1.96 bits per heavy atom. The minimum Gasteiger partial charge on any atom is -0.489 e. The smallest absolute Gasteiger partial charge is 0.255 e. The van der Waals surface area contributed by atoms with Crippen LogP contribution in [0.1, 0.15) is 46.8 Å². The van der Waals surface area contributed by atoms with E-state index in [0.717, 1.165) is 11.3 Å². The van der Waals surface area contributed by atoms with Crippen molar-refractivity contribution in [3.8, 4) is 5.75 Å². The molecule has 0 unspecified atom stereocenters. The van der Waals surface area contributed by atoms with Gasteiger partial charge in [0.2, 0.25) is 0 Å². The van der Waals surface area contributed by atoms with E-state index in [0.29, 0.717) is 29.7 Å². The van der Waals surface area contributed by atoms with Crippen molar-refractivity contribution in [3.63, 3.8) is 0 Å². The zero-order valence-electron chi connectivity index (χ0n) is 16.4. The molecule has 1 amide bonds. The molecule has 3 aromatic rings. The average molecular weight is 375 g/mol. The Kier molecular flexibility index (Phi) is 5.94. The summed E-state index contributed by atoms with van der Waals surface area (Å²) in [7, 11) is 0. The van der Waals surface area contributed by atoms with Crippen LogP contribution in [0.2, 0.25) is 0 Å². The zero-order valence-corrected chi connectivity index (χ0v) is 16.4. The summed E-state index contributed by atoms with van der Waals surface area (Å²) in [6.45, 7) is 6.73. The first-order valence-corrected chi connectivity index (χ1v) is 9.27. The summed E-state index contributed by atoms with van der Waals surface area (Å²) in [4.78, 5) is 16.7. The fourth-order valence-electron chi connectivity index (χ4n) is 3.02. The number of ether oxygens (including phenoxy) is 1. The molecule has 2 aromatic carbocycles. The molecule has 0 aliphatic heterocycles. The molecule has 0 saturated heterocycles. The molecule has 28 heavy (non-hydrogen) atoms. The van der Waals surface area contributed by atoms with E-state index in [1.165, 1.54) is 11.1 Å². The van der Waals surface area contributed by atoms with Crippen LogP contribution in [0.5, 0.6) is 5.75 Å². The first kappa shape index (κ1) is 19.4. The van der Waals surface area contributed by atoms with E-state index in [9.17, 15) is 4.79 Å². The molecular formula is C23H25N3O2. The van der Waals surface area contributed by atoms with Gasteiger partial charge in [0, 0.05) is 23.0 Å². The van der Waals surface area contributed by atoms with Gasteiger partial charge in [-0.3, -0.25) is 4.79 Å². The number of anilines is 2. The highest BCUT2D eigenvalue weighted by molar-refractivity contribution is 6.04. The molecule has 5 nitrogen and oxygen atoms in total. The molecule has 1 heterocycles. The van der Waals surface area contributed by atoms with E-state index < -0.39 is 0 Å². The first-order chi connectivity index (χ1) is 13.4. The van der Waals surface area contributed by atoms with Gasteiger partial charge in [-0.05, 0) is 60.4 Å². The Balaban J connectivity index is 1.66. The van der Waals surface area contributed by atoms with E-state index in [4.69, 9.17) is 10.5 Å². The summed E-state index contributed by atoms with van der Waals surface area (Å²) in [5.41, 5.74) is 10.3. The zero-order chi connectivity index (χ0) is 20.1. The number of hydrogen-bond acceptors (Lipinski definition) is 4. The van der Waals surface area contributed by atoms with Crippen molar-refractivity contribution < 1.29 is 9.53 Å². The summed E-state index contributed by atoms with van der Waals surface area (Å²) < 4.78 is 5.77. The van der Waals surface area contributed by atoms with E-state index in [-0.39, 0.29) is 5.91 Å². The number of nitrogens with two attached hydrogens (primary N) is 1. The minimum absolute atomic E-state index is 0.170. The summed E-state index contributed by atoms with van der Waals surface area (Å²) in [6, 6.07) is 16.7. The maximum Gasteiger partial charge on any atom is 0.255 e. The molecule has 0 spiro atoms. The lowest BCUT2D eigenvalue weighted by atomic mass is 9.97. The highest BCUT2D eigenvalue weighted by Gasteiger charge is 2.10. The third-order valence-corrected chi connectivity index (χ3v) is 4.50. The standard InChI is InChI=1S/C23H25N3O2/c1-15(2)21-9-8-19(11-16(21)3)26-23(27)18-5-4-6-20(12-18)28-14-17-7-10-22(24)25-13-17/h4-13,15H,14H2,1-3H3,(H2,24,25)(H,26,27). The molecule has 0 radical (unpaired) electrons. The van der Waals surface area contributed by atoms with Crippen molar-refractivity contribution in [2.45, 2.75) is 33.3 Å². The number of amides is 1. The Morgan fingerprint density at radius 3 is 2.64 bits per heavy atom. The number of pyridine rings is 1. The van der Waals surface area contributed by atoms with Gasteiger partial charge in [0.15, 0.2) is 0 Å². The second-order valence-corrected chi connectivity index (χ2v) is 7.09. The number of nitrogens with zero attached hydrogens (tertiary/aromatic N) is 1. The maximum absolute atomic E-state index is 12.6. The maximum atomic E-state index is 12.6. The number of nitrogens with one attached hydrogen (secondary N) is 1. The largest absolute Gasteiger partial charge is 0.489 e. The fraction of sp³-hybridized carbons (Fsp3) is 0.217. The molecule has 3 N–H and O–H groups in total. The SMILES string of the molecule is Cc1cc(NC(=O)c2cccc(OCc3ccc(N)nc3)c2)ccc1C(C)C. The van der Waals surface area contributed by atoms with E-state index in [1.54, 1.807) is 30.5 Å². The third-order valence-electron chi connectivity index (χ3n) is 4.50. The molecule has 1 aromatic heterocycles. The lowest BCUT2D eigenvalue weighted by molar-refractivity contribution is 0.102. The number of carbonyl (C=O) groups is 1.